The van der Waals surface area contributed by atoms with Gasteiger partial charge in [-0.3, -0.25) is 19.2 Å². The quantitative estimate of drug-likeness (QED) is 0.0660. The normalized spacial score (nSPS) is 14.2. The molecule has 296 valence electrons. The van der Waals surface area contributed by atoms with Crippen LogP contribution in [0.5, 0.6) is 23.0 Å². The molecule has 0 aliphatic carbocycles. The number of carboxylic acids is 1. The molecule has 0 radical (unpaired) electrons. The number of aliphatic hydroxyl groups excluding tert-OH is 1. The second-order valence-corrected chi connectivity index (χ2v) is 13.3. The van der Waals surface area contributed by atoms with Crippen LogP contribution in [-0.4, -0.2) is 96.6 Å². The molecule has 0 saturated heterocycles. The van der Waals surface area contributed by atoms with E-state index in [9.17, 15) is 54.6 Å². The monoisotopic (exact) mass is 771 g/mol. The van der Waals surface area contributed by atoms with Gasteiger partial charge in [-0.25, -0.2) is 4.79 Å². The molecule has 16 heteroatoms. The largest absolute Gasteiger partial charge is 0.508 e. The molecule has 0 heterocycles. The van der Waals surface area contributed by atoms with Crippen LogP contribution >= 0.6 is 0 Å². The van der Waals surface area contributed by atoms with Crippen molar-refractivity contribution in [3.05, 3.63) is 119 Å². The molecular formula is C40H45N5O11. The molecule has 12 N–H and O–H groups in total. The number of hydrogen-bond acceptors (Lipinski definition) is 11. The summed E-state index contributed by atoms with van der Waals surface area (Å²) in [4.78, 5) is 66.9. The van der Waals surface area contributed by atoms with Crippen molar-refractivity contribution in [1.29, 1.82) is 0 Å². The van der Waals surface area contributed by atoms with Gasteiger partial charge in [0.25, 0.3) is 0 Å². The summed E-state index contributed by atoms with van der Waals surface area (Å²) >= 11 is 0. The van der Waals surface area contributed by atoms with Crippen molar-refractivity contribution in [2.45, 2.75) is 68.9 Å². The molecule has 4 aromatic carbocycles. The Bertz CT molecular complexity index is 1950. The Hall–Kier alpha value is -6.65. The van der Waals surface area contributed by atoms with Crippen LogP contribution in [0.4, 0.5) is 0 Å². The van der Waals surface area contributed by atoms with E-state index in [2.05, 4.69) is 21.3 Å². The second kappa shape index (κ2) is 19.6. The van der Waals surface area contributed by atoms with Crippen LogP contribution in [0.1, 0.15) is 29.2 Å². The number of carbonyl (C=O) groups excluding carboxylic acids is 4. The van der Waals surface area contributed by atoms with Crippen molar-refractivity contribution in [2.75, 3.05) is 0 Å². The van der Waals surface area contributed by atoms with Gasteiger partial charge in [0.1, 0.15) is 47.2 Å². The number of carbonyl (C=O) groups is 5. The van der Waals surface area contributed by atoms with Crippen LogP contribution in [-0.2, 0) is 49.7 Å². The highest BCUT2D eigenvalue weighted by Gasteiger charge is 2.34. The number of nitrogens with one attached hydrogen (secondary N) is 4. The highest BCUT2D eigenvalue weighted by molar-refractivity contribution is 5.96. The van der Waals surface area contributed by atoms with Crippen molar-refractivity contribution in [3.63, 3.8) is 0 Å². The van der Waals surface area contributed by atoms with Gasteiger partial charge in [-0.1, -0.05) is 48.5 Å². The summed E-state index contributed by atoms with van der Waals surface area (Å²) < 4.78 is 0. The molecule has 0 aromatic heterocycles. The van der Waals surface area contributed by atoms with Crippen LogP contribution < -0.4 is 27.0 Å². The number of phenolic OH excluding ortho intramolecular Hbond substituents is 4. The van der Waals surface area contributed by atoms with E-state index < -0.39 is 65.9 Å². The lowest BCUT2D eigenvalue weighted by atomic mass is 10.0. The van der Waals surface area contributed by atoms with E-state index in [1.807, 2.05) is 0 Å². The molecule has 16 nitrogen and oxygen atoms in total. The maximum absolute atomic E-state index is 14.1. The molecule has 0 bridgehead atoms. The number of hydrogen-bond donors (Lipinski definition) is 11. The van der Waals surface area contributed by atoms with E-state index in [0.717, 1.165) is 0 Å². The number of amides is 4. The average molecular weight is 772 g/mol. The third-order valence-corrected chi connectivity index (χ3v) is 8.80. The number of nitrogens with two attached hydrogens (primary N) is 1. The smallest absolute Gasteiger partial charge is 0.326 e. The van der Waals surface area contributed by atoms with Gasteiger partial charge in [-0.05, 0) is 84.1 Å². The number of phenols is 4. The van der Waals surface area contributed by atoms with Crippen molar-refractivity contribution in [2.24, 2.45) is 5.73 Å². The summed E-state index contributed by atoms with van der Waals surface area (Å²) in [5.74, 6) is -5.04. The minimum Gasteiger partial charge on any atom is -0.508 e. The number of aliphatic hydroxyl groups is 1. The Kier molecular flexibility index (Phi) is 14.7. The molecule has 0 fully saturated rings. The molecule has 6 atom stereocenters. The summed E-state index contributed by atoms with van der Waals surface area (Å²) in [6.07, 6.45) is -1.95. The highest BCUT2D eigenvalue weighted by Crippen LogP contribution is 2.16. The summed E-state index contributed by atoms with van der Waals surface area (Å²) in [6, 6.07) is 16.1. The third kappa shape index (κ3) is 12.7. The fourth-order valence-electron chi connectivity index (χ4n) is 5.67. The Labute approximate surface area is 322 Å². The summed E-state index contributed by atoms with van der Waals surface area (Å²) in [7, 11) is 0. The maximum Gasteiger partial charge on any atom is 0.326 e. The molecule has 4 aromatic rings. The Morgan fingerprint density at radius 2 is 0.786 bits per heavy atom. The average Bonchev–Trinajstić information content (AvgIpc) is 3.16. The minimum absolute atomic E-state index is 0.0193. The Morgan fingerprint density at radius 1 is 0.482 bits per heavy atom. The lowest BCUT2D eigenvalue weighted by Gasteiger charge is -2.27. The highest BCUT2D eigenvalue weighted by atomic mass is 16.4. The first-order valence-electron chi connectivity index (χ1n) is 17.6. The van der Waals surface area contributed by atoms with Gasteiger partial charge in [0, 0.05) is 19.3 Å². The standard InChI is InChI=1S/C40H45N5O11/c1-22(46)35(45-36(51)31(41)18-23-2-10-27(47)11-3-23)39(54)43-33(20-25-6-14-29(49)15-7-25)37(52)42-32(19-24-4-12-28(48)13-5-24)38(53)44-34(40(55)56)21-26-8-16-30(50)17-9-26/h2-17,22,31-35,46-50H,18-21,41H2,1H3,(H,42,52)(H,43,54)(H,44,53)(H,45,51)(H,55,56)/t22-,31+,32+,33+,34+,35+/m1/s1. The zero-order chi connectivity index (χ0) is 40.9. The van der Waals surface area contributed by atoms with E-state index in [-0.39, 0.29) is 48.7 Å². The lowest BCUT2D eigenvalue weighted by molar-refractivity contribution is -0.142. The number of benzene rings is 4. The second-order valence-electron chi connectivity index (χ2n) is 13.3. The molecule has 0 saturated carbocycles. The van der Waals surface area contributed by atoms with Crippen molar-refractivity contribution >= 4 is 29.6 Å². The lowest BCUT2D eigenvalue weighted by Crippen LogP contribution is -2.61. The maximum atomic E-state index is 14.1. The number of rotatable bonds is 18. The van der Waals surface area contributed by atoms with Crippen LogP contribution in [0.2, 0.25) is 0 Å². The summed E-state index contributed by atoms with van der Waals surface area (Å²) in [5, 5.41) is 69.3. The Morgan fingerprint density at radius 3 is 1.12 bits per heavy atom. The van der Waals surface area contributed by atoms with Gasteiger partial charge in [-0.15, -0.1) is 0 Å². The molecule has 4 amide bonds. The van der Waals surface area contributed by atoms with E-state index >= 15 is 0 Å². The van der Waals surface area contributed by atoms with Crippen LogP contribution in [0.3, 0.4) is 0 Å². The Balaban J connectivity index is 1.57. The van der Waals surface area contributed by atoms with Gasteiger partial charge in [0.05, 0.1) is 12.1 Å². The zero-order valence-electron chi connectivity index (χ0n) is 30.3. The SMILES string of the molecule is C[C@@H](O)[C@H](NC(=O)[C@@H](N)Cc1ccc(O)cc1)C(=O)N[C@@H](Cc1ccc(O)cc1)C(=O)N[C@@H](Cc1ccc(O)cc1)C(=O)N[C@@H](Cc1ccc(O)cc1)C(=O)O. The molecule has 56 heavy (non-hydrogen) atoms. The molecule has 0 aliphatic heterocycles. The predicted molar refractivity (Wildman–Crippen MR) is 202 cm³/mol. The van der Waals surface area contributed by atoms with E-state index in [1.54, 1.807) is 12.1 Å². The van der Waals surface area contributed by atoms with Crippen molar-refractivity contribution in [3.8, 4) is 23.0 Å². The summed E-state index contributed by atoms with van der Waals surface area (Å²) in [6.45, 7) is 1.25. The van der Waals surface area contributed by atoms with Crippen molar-refractivity contribution < 1.29 is 54.6 Å². The van der Waals surface area contributed by atoms with Crippen LogP contribution in [0.15, 0.2) is 97.1 Å². The number of aliphatic carboxylic acids is 1. The number of carboxylic acid groups (broad SMARTS) is 1. The first-order valence-corrected chi connectivity index (χ1v) is 17.6. The minimum atomic E-state index is -1.59. The van der Waals surface area contributed by atoms with Gasteiger partial charge in [0.2, 0.25) is 23.6 Å². The summed E-state index contributed by atoms with van der Waals surface area (Å²) in [5.41, 5.74) is 8.15. The van der Waals surface area contributed by atoms with Gasteiger partial charge in [0.15, 0.2) is 0 Å². The van der Waals surface area contributed by atoms with Crippen LogP contribution in [0.25, 0.3) is 0 Å². The first kappa shape index (κ1) is 42.1. The van der Waals surface area contributed by atoms with Crippen LogP contribution in [0, 0.1) is 0 Å². The molecule has 0 spiro atoms. The predicted octanol–water partition coefficient (Wildman–Crippen LogP) is 0.512. The van der Waals surface area contributed by atoms with Gasteiger partial charge < -0.3 is 57.6 Å². The van der Waals surface area contributed by atoms with E-state index in [1.165, 1.54) is 91.9 Å². The molecule has 0 unspecified atom stereocenters. The first-order chi connectivity index (χ1) is 26.6. The fourth-order valence-corrected chi connectivity index (χ4v) is 5.67. The molecule has 4 rings (SSSR count). The van der Waals surface area contributed by atoms with Gasteiger partial charge >= 0.3 is 5.97 Å². The van der Waals surface area contributed by atoms with Crippen molar-refractivity contribution in [1.82, 2.24) is 21.3 Å². The number of aromatic hydroxyl groups is 4. The van der Waals surface area contributed by atoms with E-state index in [4.69, 9.17) is 5.73 Å². The van der Waals surface area contributed by atoms with Gasteiger partial charge in [-0.2, -0.15) is 0 Å². The molecule has 0 aliphatic rings. The zero-order valence-corrected chi connectivity index (χ0v) is 30.3. The molecular weight excluding hydrogens is 726 g/mol. The fraction of sp³-hybridized carbons (Fsp3) is 0.275. The van der Waals surface area contributed by atoms with E-state index in [0.29, 0.717) is 22.3 Å². The topological polar surface area (TPSA) is 281 Å². The third-order valence-electron chi connectivity index (χ3n) is 8.80.